The fraction of sp³-hybridized carbons (Fsp3) is 0.463. The van der Waals surface area contributed by atoms with Crippen LogP contribution in [-0.2, 0) is 9.59 Å². The lowest BCUT2D eigenvalue weighted by atomic mass is 9.95. The van der Waals surface area contributed by atoms with Crippen molar-refractivity contribution < 1.29 is 24.1 Å². The molecule has 2 N–H and O–H groups in total. The van der Waals surface area contributed by atoms with Gasteiger partial charge in [0, 0.05) is 126 Å². The van der Waals surface area contributed by atoms with E-state index in [0.29, 0.717) is 22.7 Å². The normalized spacial score (nSPS) is 21.6. The third-order valence-corrected chi connectivity index (χ3v) is 12.6. The van der Waals surface area contributed by atoms with E-state index in [0.717, 1.165) is 131 Å². The molecule has 4 amide bonds. The summed E-state index contributed by atoms with van der Waals surface area (Å²) in [6.07, 6.45) is 4.15. The van der Waals surface area contributed by atoms with Crippen LogP contribution < -0.4 is 15.1 Å². The van der Waals surface area contributed by atoms with Crippen LogP contribution in [0.3, 0.4) is 0 Å². The lowest BCUT2D eigenvalue weighted by molar-refractivity contribution is -0.384. The highest BCUT2D eigenvalue weighted by Gasteiger charge is 2.45. The van der Waals surface area contributed by atoms with Gasteiger partial charge < -0.3 is 14.7 Å². The molecule has 2 aromatic carbocycles. The van der Waals surface area contributed by atoms with Crippen molar-refractivity contribution in [2.75, 3.05) is 94.9 Å². The molecule has 0 spiro atoms. The number of benzene rings is 2. The number of hydrogen-bond acceptors (Lipinski definition) is 13. The summed E-state index contributed by atoms with van der Waals surface area (Å²) in [6, 6.07) is 13.1. The van der Waals surface area contributed by atoms with Crippen molar-refractivity contribution in [2.24, 2.45) is 5.92 Å². The first kappa shape index (κ1) is 37.8. The minimum atomic E-state index is -0.961. The molecule has 4 fully saturated rings. The van der Waals surface area contributed by atoms with Crippen LogP contribution in [0.15, 0.2) is 54.7 Å². The van der Waals surface area contributed by atoms with E-state index in [9.17, 15) is 29.3 Å². The Labute approximate surface area is 335 Å². The Bertz CT molecular complexity index is 2260. The van der Waals surface area contributed by atoms with Crippen molar-refractivity contribution in [3.05, 3.63) is 76.0 Å². The van der Waals surface area contributed by atoms with Crippen molar-refractivity contribution in [3.8, 4) is 11.3 Å². The number of piperidine rings is 2. The summed E-state index contributed by atoms with van der Waals surface area (Å²) in [5.74, 6) is -0.434. The fourth-order valence-corrected chi connectivity index (χ4v) is 9.15. The maximum Gasteiger partial charge on any atom is 0.270 e. The van der Waals surface area contributed by atoms with Crippen LogP contribution in [0.2, 0.25) is 0 Å². The molecule has 1 atom stereocenters. The van der Waals surface area contributed by atoms with E-state index in [1.807, 2.05) is 18.2 Å². The highest BCUT2D eigenvalue weighted by atomic mass is 16.6. The number of nitrogens with zero attached hydrogens (tertiary/aromatic N) is 9. The molecule has 58 heavy (non-hydrogen) atoms. The van der Waals surface area contributed by atoms with Crippen LogP contribution in [0.4, 0.5) is 17.2 Å². The zero-order chi connectivity index (χ0) is 39.9. The molecule has 17 heteroatoms. The number of non-ortho nitro benzene ring substituents is 1. The summed E-state index contributed by atoms with van der Waals surface area (Å²) in [4.78, 5) is 79.4. The number of amides is 4. The molecule has 2 aromatic heterocycles. The lowest BCUT2D eigenvalue weighted by Crippen LogP contribution is -2.54. The number of imide groups is 2. The maximum absolute atomic E-state index is 13.3. The van der Waals surface area contributed by atoms with E-state index < -0.39 is 23.8 Å². The first-order chi connectivity index (χ1) is 28.2. The van der Waals surface area contributed by atoms with E-state index in [-0.39, 0.29) is 29.4 Å². The molecule has 4 aromatic rings. The first-order valence-corrected chi connectivity index (χ1v) is 20.3. The molecule has 5 aliphatic rings. The van der Waals surface area contributed by atoms with Crippen molar-refractivity contribution in [1.29, 1.82) is 0 Å². The largest absolute Gasteiger partial charge is 0.371 e. The average Bonchev–Trinajstić information content (AvgIpc) is 3.78. The second-order valence-electron chi connectivity index (χ2n) is 16.0. The minimum Gasteiger partial charge on any atom is -0.371 e. The molecule has 0 saturated carbocycles. The number of nitro benzene ring substituents is 1. The third-order valence-electron chi connectivity index (χ3n) is 12.6. The van der Waals surface area contributed by atoms with Gasteiger partial charge in [-0.05, 0) is 61.6 Å². The smallest absolute Gasteiger partial charge is 0.270 e. The van der Waals surface area contributed by atoms with Crippen molar-refractivity contribution in [1.82, 2.24) is 40.1 Å². The molecule has 0 radical (unpaired) electrons. The number of hydrogen-bond donors (Lipinski definition) is 2. The number of aromatic amines is 1. The van der Waals surface area contributed by atoms with Crippen LogP contribution in [0.5, 0.6) is 0 Å². The number of nitrogens with one attached hydrogen (secondary N) is 2. The summed E-state index contributed by atoms with van der Waals surface area (Å²) in [5.41, 5.74) is 3.90. The van der Waals surface area contributed by atoms with Crippen LogP contribution in [0.25, 0.3) is 22.2 Å². The van der Waals surface area contributed by atoms with E-state index in [2.05, 4.69) is 45.0 Å². The Kier molecular flexibility index (Phi) is 10.3. The number of nitro groups is 1. The van der Waals surface area contributed by atoms with Crippen molar-refractivity contribution in [2.45, 2.75) is 31.7 Å². The molecule has 4 saturated heterocycles. The number of anilines is 2. The van der Waals surface area contributed by atoms with Crippen LogP contribution in [0, 0.1) is 16.0 Å². The maximum atomic E-state index is 13.3. The summed E-state index contributed by atoms with van der Waals surface area (Å²) in [6.45, 7) is 12.9. The van der Waals surface area contributed by atoms with E-state index >= 15 is 0 Å². The van der Waals surface area contributed by atoms with Gasteiger partial charge in [-0.25, -0.2) is 4.98 Å². The van der Waals surface area contributed by atoms with Gasteiger partial charge in [-0.15, -0.1) is 0 Å². The highest BCUT2D eigenvalue weighted by molar-refractivity contribution is 6.23. The van der Waals surface area contributed by atoms with Gasteiger partial charge >= 0.3 is 0 Å². The number of rotatable bonds is 10. The van der Waals surface area contributed by atoms with Gasteiger partial charge in [0.1, 0.15) is 17.6 Å². The summed E-state index contributed by atoms with van der Waals surface area (Å²) < 4.78 is 0. The molecule has 0 aliphatic carbocycles. The van der Waals surface area contributed by atoms with Gasteiger partial charge in [-0.2, -0.15) is 5.10 Å². The number of fused-ring (bicyclic) bond motifs is 2. The van der Waals surface area contributed by atoms with Crippen LogP contribution in [-0.4, -0.2) is 154 Å². The standard InChI is InChI=1S/C41H47N11O6/c53-37-6-5-35(39(54)43-37)51-40(55)31-3-1-29(24-32(31)41(51)56)49-11-8-27(9-12-49)26-48-17-15-46(16-18-48)13-14-47-19-21-50(22-20-47)36-23-28(7-10-42-36)38-33-25-30(52(57)58)2-4-34(33)44-45-38/h1-4,7,10,23-25,27,35H,5-6,8-9,11-22,26H2,(H,44,45)(H,43,53,54). The number of carbonyl (C=O) groups excluding carboxylic acids is 4. The van der Waals surface area contributed by atoms with Gasteiger partial charge in [0.2, 0.25) is 11.8 Å². The molecular weight excluding hydrogens is 743 g/mol. The molecule has 17 nitrogen and oxygen atoms in total. The Balaban J connectivity index is 0.697. The van der Waals surface area contributed by atoms with Gasteiger partial charge in [-0.3, -0.25) is 54.4 Å². The minimum absolute atomic E-state index is 0.0380. The molecule has 7 heterocycles. The van der Waals surface area contributed by atoms with Gasteiger partial charge in [0.05, 0.1) is 21.6 Å². The topological polar surface area (TPSA) is 184 Å². The number of H-pyrrole nitrogens is 1. The molecule has 1 unspecified atom stereocenters. The summed E-state index contributed by atoms with van der Waals surface area (Å²) >= 11 is 0. The molecule has 0 bridgehead atoms. The van der Waals surface area contributed by atoms with Crippen molar-refractivity contribution in [3.63, 3.8) is 0 Å². The predicted molar refractivity (Wildman–Crippen MR) is 216 cm³/mol. The predicted octanol–water partition coefficient (Wildman–Crippen LogP) is 2.59. The lowest BCUT2D eigenvalue weighted by Gasteiger charge is -2.40. The fourth-order valence-electron chi connectivity index (χ4n) is 9.15. The van der Waals surface area contributed by atoms with Gasteiger partial charge in [-0.1, -0.05) is 0 Å². The first-order valence-electron chi connectivity index (χ1n) is 20.3. The van der Waals surface area contributed by atoms with E-state index in [4.69, 9.17) is 0 Å². The molecular formula is C41H47N11O6. The zero-order valence-electron chi connectivity index (χ0n) is 32.3. The summed E-state index contributed by atoms with van der Waals surface area (Å²) in [5, 5.41) is 21.8. The number of piperazine rings is 2. The zero-order valence-corrected chi connectivity index (χ0v) is 32.3. The number of aromatic nitrogens is 3. The molecule has 302 valence electrons. The Morgan fingerprint density at radius 3 is 2.17 bits per heavy atom. The number of carbonyl (C=O) groups is 4. The van der Waals surface area contributed by atoms with Crippen LogP contribution >= 0.6 is 0 Å². The Hall–Kier alpha value is -5.78. The highest BCUT2D eigenvalue weighted by Crippen LogP contribution is 2.33. The Morgan fingerprint density at radius 1 is 0.741 bits per heavy atom. The second-order valence-corrected chi connectivity index (χ2v) is 16.0. The third kappa shape index (κ3) is 7.52. The summed E-state index contributed by atoms with van der Waals surface area (Å²) in [7, 11) is 0. The average molecular weight is 790 g/mol. The van der Waals surface area contributed by atoms with Crippen molar-refractivity contribution >= 4 is 51.7 Å². The second kappa shape index (κ2) is 15.9. The van der Waals surface area contributed by atoms with E-state index in [1.54, 1.807) is 30.5 Å². The van der Waals surface area contributed by atoms with Gasteiger partial charge in [0.25, 0.3) is 17.5 Å². The van der Waals surface area contributed by atoms with Crippen LogP contribution in [0.1, 0.15) is 46.4 Å². The van der Waals surface area contributed by atoms with Gasteiger partial charge in [0.15, 0.2) is 0 Å². The van der Waals surface area contributed by atoms with E-state index in [1.165, 1.54) is 6.07 Å². The molecule has 5 aliphatic heterocycles. The monoisotopic (exact) mass is 789 g/mol. The SMILES string of the molecule is O=C1CCC(N2C(=O)c3ccc(N4CCC(CN5CCN(CCN6CCN(c7cc(-c8n[nH]c9ccc([N+](=O)[O-])cc89)ccn7)CC6)CC5)CC4)cc3C2=O)C(=O)N1. The quantitative estimate of drug-likeness (QED) is 0.136. The Morgan fingerprint density at radius 2 is 1.45 bits per heavy atom. The molecule has 9 rings (SSSR count). The number of pyridine rings is 1.